The standard InChI is InChI=1S/C12H25NO2S/c1-3-13-11-6-4-7-12(10-11)16(14)9-5-8-15-2/h11-13H,3-10H2,1-2H3. The Balaban J connectivity index is 2.26. The molecule has 0 aromatic carbocycles. The van der Waals surface area contributed by atoms with Gasteiger partial charge in [0, 0.05) is 41.6 Å². The number of rotatable bonds is 7. The van der Waals surface area contributed by atoms with E-state index < -0.39 is 10.8 Å². The van der Waals surface area contributed by atoms with Crippen LogP contribution in [0, 0.1) is 0 Å². The van der Waals surface area contributed by atoms with E-state index in [1.54, 1.807) is 7.11 Å². The topological polar surface area (TPSA) is 38.3 Å². The van der Waals surface area contributed by atoms with Crippen molar-refractivity contribution in [1.29, 1.82) is 0 Å². The molecule has 1 saturated carbocycles. The van der Waals surface area contributed by atoms with Gasteiger partial charge in [-0.15, -0.1) is 0 Å². The van der Waals surface area contributed by atoms with Crippen LogP contribution in [0.15, 0.2) is 0 Å². The zero-order valence-electron chi connectivity index (χ0n) is 10.5. The van der Waals surface area contributed by atoms with E-state index in [0.29, 0.717) is 11.3 Å². The summed E-state index contributed by atoms with van der Waals surface area (Å²) < 4.78 is 17.0. The molecule has 0 bridgehead atoms. The minimum absolute atomic E-state index is 0.412. The van der Waals surface area contributed by atoms with Crippen LogP contribution in [-0.2, 0) is 15.5 Å². The minimum atomic E-state index is -0.652. The van der Waals surface area contributed by atoms with Crippen LogP contribution in [0.5, 0.6) is 0 Å². The van der Waals surface area contributed by atoms with Crippen molar-refractivity contribution in [1.82, 2.24) is 5.32 Å². The summed E-state index contributed by atoms with van der Waals surface area (Å²) in [6, 6.07) is 0.593. The van der Waals surface area contributed by atoms with E-state index in [2.05, 4.69) is 12.2 Å². The van der Waals surface area contributed by atoms with Crippen LogP contribution < -0.4 is 5.32 Å². The number of hydrogen-bond acceptors (Lipinski definition) is 3. The third kappa shape index (κ3) is 4.93. The number of ether oxygens (including phenoxy) is 1. The average molecular weight is 247 g/mol. The second-order valence-corrected chi connectivity index (χ2v) is 6.31. The van der Waals surface area contributed by atoms with E-state index in [0.717, 1.165) is 38.2 Å². The molecule has 16 heavy (non-hydrogen) atoms. The lowest BCUT2D eigenvalue weighted by Gasteiger charge is -2.29. The highest BCUT2D eigenvalue weighted by molar-refractivity contribution is 7.85. The van der Waals surface area contributed by atoms with Crippen molar-refractivity contribution < 1.29 is 8.95 Å². The Bertz CT molecular complexity index is 209. The van der Waals surface area contributed by atoms with Gasteiger partial charge in [-0.1, -0.05) is 13.3 Å². The van der Waals surface area contributed by atoms with Gasteiger partial charge in [0.15, 0.2) is 0 Å². The van der Waals surface area contributed by atoms with Crippen molar-refractivity contribution in [2.75, 3.05) is 26.0 Å². The Hall–Kier alpha value is 0.0700. The van der Waals surface area contributed by atoms with E-state index in [1.807, 2.05) is 0 Å². The maximum Gasteiger partial charge on any atom is 0.0471 e. The van der Waals surface area contributed by atoms with Gasteiger partial charge in [-0.2, -0.15) is 0 Å². The van der Waals surface area contributed by atoms with E-state index in [9.17, 15) is 4.21 Å². The molecule has 1 rings (SSSR count). The van der Waals surface area contributed by atoms with Gasteiger partial charge in [0.1, 0.15) is 0 Å². The van der Waals surface area contributed by atoms with Crippen molar-refractivity contribution in [3.05, 3.63) is 0 Å². The zero-order chi connectivity index (χ0) is 11.8. The zero-order valence-corrected chi connectivity index (χ0v) is 11.4. The van der Waals surface area contributed by atoms with E-state index in [-0.39, 0.29) is 0 Å². The molecular weight excluding hydrogens is 222 g/mol. The Kier molecular flexibility index (Phi) is 7.25. The molecule has 3 nitrogen and oxygen atoms in total. The molecule has 0 spiro atoms. The summed E-state index contributed by atoms with van der Waals surface area (Å²) in [5, 5.41) is 3.89. The Morgan fingerprint density at radius 2 is 2.25 bits per heavy atom. The summed E-state index contributed by atoms with van der Waals surface area (Å²) in [6.45, 7) is 3.89. The molecule has 0 aromatic heterocycles. The summed E-state index contributed by atoms with van der Waals surface area (Å²) in [4.78, 5) is 0. The Morgan fingerprint density at radius 1 is 1.44 bits per heavy atom. The molecule has 1 aliphatic carbocycles. The highest BCUT2D eigenvalue weighted by Crippen LogP contribution is 2.23. The fourth-order valence-corrected chi connectivity index (χ4v) is 3.98. The first-order valence-corrected chi connectivity index (χ1v) is 7.75. The minimum Gasteiger partial charge on any atom is -0.385 e. The fourth-order valence-electron chi connectivity index (χ4n) is 2.37. The monoisotopic (exact) mass is 247 g/mol. The van der Waals surface area contributed by atoms with Gasteiger partial charge in [0.05, 0.1) is 0 Å². The second kappa shape index (κ2) is 8.20. The van der Waals surface area contributed by atoms with Gasteiger partial charge < -0.3 is 10.1 Å². The van der Waals surface area contributed by atoms with Gasteiger partial charge in [0.25, 0.3) is 0 Å². The molecule has 1 fully saturated rings. The second-order valence-electron chi connectivity index (χ2n) is 4.47. The summed E-state index contributed by atoms with van der Waals surface area (Å²) in [5.41, 5.74) is 0. The summed E-state index contributed by atoms with van der Waals surface area (Å²) in [6.07, 6.45) is 5.62. The maximum absolute atomic E-state index is 12.1. The number of nitrogens with one attached hydrogen (secondary N) is 1. The largest absolute Gasteiger partial charge is 0.385 e. The van der Waals surface area contributed by atoms with Crippen LogP contribution in [0.2, 0.25) is 0 Å². The van der Waals surface area contributed by atoms with E-state index in [1.165, 1.54) is 12.8 Å². The lowest BCUT2D eigenvalue weighted by atomic mass is 9.95. The van der Waals surface area contributed by atoms with Crippen molar-refractivity contribution in [2.45, 2.75) is 50.3 Å². The van der Waals surface area contributed by atoms with Crippen molar-refractivity contribution in [3.8, 4) is 0 Å². The molecule has 0 aliphatic heterocycles. The SMILES string of the molecule is CCNC1CCCC(S(=O)CCCOC)C1. The van der Waals surface area contributed by atoms with Gasteiger partial charge >= 0.3 is 0 Å². The number of hydrogen-bond donors (Lipinski definition) is 1. The lowest BCUT2D eigenvalue weighted by molar-refractivity contribution is 0.200. The molecule has 0 heterocycles. The highest BCUT2D eigenvalue weighted by Gasteiger charge is 2.25. The summed E-state index contributed by atoms with van der Waals surface area (Å²) >= 11 is 0. The average Bonchev–Trinajstić information content (AvgIpc) is 2.30. The summed E-state index contributed by atoms with van der Waals surface area (Å²) in [5.74, 6) is 0.803. The van der Waals surface area contributed by atoms with Gasteiger partial charge in [-0.3, -0.25) is 4.21 Å². The molecule has 1 N–H and O–H groups in total. The number of methoxy groups -OCH3 is 1. The smallest absolute Gasteiger partial charge is 0.0471 e. The maximum atomic E-state index is 12.1. The fraction of sp³-hybridized carbons (Fsp3) is 1.00. The first kappa shape index (κ1) is 14.1. The van der Waals surface area contributed by atoms with Crippen LogP contribution in [0.1, 0.15) is 39.0 Å². The quantitative estimate of drug-likeness (QED) is 0.696. The molecule has 0 aromatic rings. The van der Waals surface area contributed by atoms with Gasteiger partial charge in [-0.25, -0.2) is 0 Å². The highest BCUT2D eigenvalue weighted by atomic mass is 32.2. The third-order valence-corrected chi connectivity index (χ3v) is 5.05. The first-order valence-electron chi connectivity index (χ1n) is 6.37. The Morgan fingerprint density at radius 3 is 2.94 bits per heavy atom. The van der Waals surface area contributed by atoms with Crippen LogP contribution >= 0.6 is 0 Å². The molecular formula is C12H25NO2S. The van der Waals surface area contributed by atoms with Gasteiger partial charge in [0.2, 0.25) is 0 Å². The predicted octanol–water partition coefficient (Wildman–Crippen LogP) is 1.69. The normalized spacial score (nSPS) is 27.9. The molecule has 0 saturated heterocycles. The molecule has 0 radical (unpaired) electrons. The molecule has 3 unspecified atom stereocenters. The molecule has 0 amide bonds. The van der Waals surface area contributed by atoms with Crippen molar-refractivity contribution in [2.24, 2.45) is 0 Å². The Labute approximate surface area is 102 Å². The van der Waals surface area contributed by atoms with Crippen molar-refractivity contribution >= 4 is 10.8 Å². The van der Waals surface area contributed by atoms with Crippen LogP contribution in [-0.4, -0.2) is 41.5 Å². The van der Waals surface area contributed by atoms with E-state index >= 15 is 0 Å². The molecule has 3 atom stereocenters. The van der Waals surface area contributed by atoms with Crippen LogP contribution in [0.3, 0.4) is 0 Å². The van der Waals surface area contributed by atoms with Crippen molar-refractivity contribution in [3.63, 3.8) is 0 Å². The molecule has 4 heteroatoms. The third-order valence-electron chi connectivity index (χ3n) is 3.18. The van der Waals surface area contributed by atoms with Crippen LogP contribution in [0.4, 0.5) is 0 Å². The summed E-state index contributed by atoms with van der Waals surface area (Å²) in [7, 11) is 1.05. The molecule has 1 aliphatic rings. The first-order chi connectivity index (χ1) is 7.77. The van der Waals surface area contributed by atoms with Crippen LogP contribution in [0.25, 0.3) is 0 Å². The van der Waals surface area contributed by atoms with E-state index in [4.69, 9.17) is 4.74 Å². The molecule has 96 valence electrons. The lowest BCUT2D eigenvalue weighted by Crippen LogP contribution is -2.37. The predicted molar refractivity (Wildman–Crippen MR) is 69.2 cm³/mol. The van der Waals surface area contributed by atoms with Gasteiger partial charge in [-0.05, 0) is 32.2 Å².